The molecule has 0 aliphatic carbocycles. The van der Waals surface area contributed by atoms with Gasteiger partial charge in [0.2, 0.25) is 5.91 Å². The van der Waals surface area contributed by atoms with Gasteiger partial charge in [0.15, 0.2) is 0 Å². The predicted octanol–water partition coefficient (Wildman–Crippen LogP) is 8.26. The molecule has 0 aliphatic heterocycles. The Morgan fingerprint density at radius 1 is 0.944 bits per heavy atom. The highest BCUT2D eigenvalue weighted by atomic mass is 32.1. The highest BCUT2D eigenvalue weighted by Gasteiger charge is 2.21. The van der Waals surface area contributed by atoms with Crippen LogP contribution in [-0.4, -0.2) is 17.6 Å². The third kappa shape index (κ3) is 5.62. The van der Waals surface area contributed by atoms with Gasteiger partial charge in [0.25, 0.3) is 0 Å². The fourth-order valence-electron chi connectivity index (χ4n) is 5.36. The average Bonchev–Trinajstić information content (AvgIpc) is 3.45. The van der Waals surface area contributed by atoms with E-state index in [9.17, 15) is 4.79 Å². The van der Waals surface area contributed by atoms with Crippen LogP contribution in [0.25, 0.3) is 21.8 Å². The lowest BCUT2D eigenvalue weighted by Gasteiger charge is -2.12. The molecule has 36 heavy (non-hydrogen) atoms. The highest BCUT2D eigenvalue weighted by molar-refractivity contribution is 7.10. The molecule has 0 fully saturated rings. The van der Waals surface area contributed by atoms with E-state index in [0.29, 0.717) is 5.56 Å². The van der Waals surface area contributed by atoms with Gasteiger partial charge in [0.05, 0.1) is 19.2 Å². The second-order valence-electron chi connectivity index (χ2n) is 9.83. The molecular weight excluding hydrogens is 464 g/mol. The van der Waals surface area contributed by atoms with E-state index in [1.807, 2.05) is 6.07 Å². The second kappa shape index (κ2) is 12.4. The first-order valence-electron chi connectivity index (χ1n) is 13.6. The number of thiophene rings is 1. The first-order valence-corrected chi connectivity index (χ1v) is 14.4. The SMILES string of the molecule is CCCCCCCCCc1ccc2c3c(C(N)=O)ccc(OC)c3n(Cc3sccc3CCC)c2c1. The second-order valence-corrected chi connectivity index (χ2v) is 10.8. The van der Waals surface area contributed by atoms with Gasteiger partial charge in [-0.1, -0.05) is 70.9 Å². The van der Waals surface area contributed by atoms with Crippen molar-refractivity contribution in [3.05, 3.63) is 63.3 Å². The van der Waals surface area contributed by atoms with E-state index < -0.39 is 5.91 Å². The number of nitrogens with zero attached hydrogens (tertiary/aromatic N) is 1. The van der Waals surface area contributed by atoms with E-state index in [1.165, 1.54) is 60.9 Å². The molecule has 192 valence electrons. The van der Waals surface area contributed by atoms with Gasteiger partial charge >= 0.3 is 0 Å². The lowest BCUT2D eigenvalue weighted by molar-refractivity contribution is 0.100. The number of nitrogens with two attached hydrogens (primary N) is 1. The molecule has 0 bridgehead atoms. The van der Waals surface area contributed by atoms with Crippen LogP contribution in [0.4, 0.5) is 0 Å². The van der Waals surface area contributed by atoms with Crippen molar-refractivity contribution in [2.24, 2.45) is 5.73 Å². The summed E-state index contributed by atoms with van der Waals surface area (Å²) in [6.07, 6.45) is 12.4. The molecule has 2 heterocycles. The zero-order valence-corrected chi connectivity index (χ0v) is 22.9. The summed E-state index contributed by atoms with van der Waals surface area (Å²) in [5.74, 6) is 0.366. The van der Waals surface area contributed by atoms with Crippen molar-refractivity contribution < 1.29 is 9.53 Å². The Kier molecular flexibility index (Phi) is 9.08. The van der Waals surface area contributed by atoms with Crippen LogP contribution in [0.1, 0.15) is 91.6 Å². The van der Waals surface area contributed by atoms with E-state index in [2.05, 4.69) is 48.1 Å². The molecule has 0 unspecified atom stereocenters. The maximum Gasteiger partial charge on any atom is 0.249 e. The third-order valence-electron chi connectivity index (χ3n) is 7.25. The molecule has 4 aromatic rings. The van der Waals surface area contributed by atoms with Crippen molar-refractivity contribution in [1.29, 1.82) is 0 Å². The lowest BCUT2D eigenvalue weighted by atomic mass is 10.0. The fourth-order valence-corrected chi connectivity index (χ4v) is 6.28. The van der Waals surface area contributed by atoms with Gasteiger partial charge < -0.3 is 15.0 Å². The molecule has 2 aromatic heterocycles. The van der Waals surface area contributed by atoms with Crippen LogP contribution in [0.15, 0.2) is 41.8 Å². The summed E-state index contributed by atoms with van der Waals surface area (Å²) in [5.41, 5.74) is 11.2. The van der Waals surface area contributed by atoms with E-state index in [-0.39, 0.29) is 0 Å². The van der Waals surface area contributed by atoms with Gasteiger partial charge in [-0.25, -0.2) is 0 Å². The number of amides is 1. The Balaban J connectivity index is 1.75. The molecule has 0 spiro atoms. The number of carbonyl (C=O) groups is 1. The van der Waals surface area contributed by atoms with Gasteiger partial charge in [0.1, 0.15) is 5.75 Å². The Hall–Kier alpha value is -2.79. The van der Waals surface area contributed by atoms with Gasteiger partial charge in [-0.05, 0) is 60.0 Å². The Morgan fingerprint density at radius 2 is 1.72 bits per heavy atom. The van der Waals surface area contributed by atoms with Crippen molar-refractivity contribution in [3.63, 3.8) is 0 Å². The first-order chi connectivity index (χ1) is 17.6. The number of rotatable bonds is 14. The van der Waals surface area contributed by atoms with E-state index in [1.54, 1.807) is 24.5 Å². The van der Waals surface area contributed by atoms with Gasteiger partial charge in [-0.3, -0.25) is 4.79 Å². The summed E-state index contributed by atoms with van der Waals surface area (Å²) in [4.78, 5) is 13.8. The van der Waals surface area contributed by atoms with Crippen LogP contribution in [0.3, 0.4) is 0 Å². The summed E-state index contributed by atoms with van der Waals surface area (Å²) >= 11 is 1.80. The van der Waals surface area contributed by atoms with Crippen LogP contribution in [-0.2, 0) is 19.4 Å². The number of carbonyl (C=O) groups excluding carboxylic acids is 1. The quantitative estimate of drug-likeness (QED) is 0.176. The largest absolute Gasteiger partial charge is 0.495 e. The Morgan fingerprint density at radius 3 is 2.44 bits per heavy atom. The highest BCUT2D eigenvalue weighted by Crippen LogP contribution is 2.39. The van der Waals surface area contributed by atoms with Crippen LogP contribution in [0.5, 0.6) is 5.75 Å². The number of benzene rings is 2. The zero-order chi connectivity index (χ0) is 25.5. The number of methoxy groups -OCH3 is 1. The molecule has 0 saturated carbocycles. The minimum atomic E-state index is -0.406. The Labute approximate surface area is 219 Å². The predicted molar refractivity (Wildman–Crippen MR) is 154 cm³/mol. The normalized spacial score (nSPS) is 11.5. The van der Waals surface area contributed by atoms with Crippen molar-refractivity contribution >= 4 is 39.0 Å². The summed E-state index contributed by atoms with van der Waals surface area (Å²) in [6, 6.07) is 12.6. The van der Waals surface area contributed by atoms with Gasteiger partial charge in [-0.2, -0.15) is 0 Å². The fraction of sp³-hybridized carbons (Fsp3) is 0.452. The number of aromatic nitrogens is 1. The monoisotopic (exact) mass is 504 g/mol. The molecule has 0 atom stereocenters. The van der Waals surface area contributed by atoms with Crippen molar-refractivity contribution in [3.8, 4) is 5.75 Å². The van der Waals surface area contributed by atoms with Gasteiger partial charge in [-0.15, -0.1) is 11.3 Å². The molecule has 5 heteroatoms. The lowest BCUT2D eigenvalue weighted by Crippen LogP contribution is -2.11. The number of aryl methyl sites for hydroxylation is 2. The minimum absolute atomic E-state index is 0.406. The number of fused-ring (bicyclic) bond motifs is 3. The number of hydrogen-bond donors (Lipinski definition) is 1. The Bertz CT molecular complexity index is 1320. The van der Waals surface area contributed by atoms with E-state index in [4.69, 9.17) is 10.5 Å². The molecule has 0 saturated heterocycles. The summed E-state index contributed by atoms with van der Waals surface area (Å²) < 4.78 is 8.15. The molecule has 4 rings (SSSR count). The third-order valence-corrected chi connectivity index (χ3v) is 8.19. The van der Waals surface area contributed by atoms with Crippen LogP contribution >= 0.6 is 11.3 Å². The smallest absolute Gasteiger partial charge is 0.249 e. The molecule has 1 amide bonds. The molecule has 0 radical (unpaired) electrons. The molecule has 4 nitrogen and oxygen atoms in total. The standard InChI is InChI=1S/C31H40N2O2S/c1-4-6-7-8-9-10-11-13-22-14-15-24-26(20-22)33(21-28-23(12-5-2)18-19-36-28)30-27(35-3)17-16-25(29(24)30)31(32)34/h14-20H,4-13,21H2,1-3H3,(H2,32,34). The maximum absolute atomic E-state index is 12.4. The molecular formula is C31H40N2O2S. The van der Waals surface area contributed by atoms with E-state index in [0.717, 1.165) is 53.4 Å². The van der Waals surface area contributed by atoms with Crippen LogP contribution in [0.2, 0.25) is 0 Å². The summed E-state index contributed by atoms with van der Waals surface area (Å²) in [5, 5.41) is 4.15. The zero-order valence-electron chi connectivity index (χ0n) is 22.1. The summed E-state index contributed by atoms with van der Waals surface area (Å²) in [7, 11) is 1.69. The molecule has 2 aromatic carbocycles. The van der Waals surface area contributed by atoms with E-state index >= 15 is 0 Å². The number of ether oxygens (including phenoxy) is 1. The number of primary amides is 1. The van der Waals surface area contributed by atoms with Crippen molar-refractivity contribution in [1.82, 2.24) is 4.57 Å². The topological polar surface area (TPSA) is 57.3 Å². The van der Waals surface area contributed by atoms with Crippen molar-refractivity contribution in [2.75, 3.05) is 7.11 Å². The molecule has 2 N–H and O–H groups in total. The van der Waals surface area contributed by atoms with Crippen LogP contribution < -0.4 is 10.5 Å². The molecule has 0 aliphatic rings. The average molecular weight is 505 g/mol. The van der Waals surface area contributed by atoms with Crippen molar-refractivity contribution in [2.45, 2.75) is 84.6 Å². The maximum atomic E-state index is 12.4. The van der Waals surface area contributed by atoms with Gasteiger partial charge in [0, 0.05) is 26.7 Å². The first kappa shape index (κ1) is 26.3. The number of hydrogen-bond acceptors (Lipinski definition) is 3. The minimum Gasteiger partial charge on any atom is -0.495 e. The van der Waals surface area contributed by atoms with Crippen LogP contribution in [0, 0.1) is 0 Å². The number of unbranched alkanes of at least 4 members (excludes halogenated alkanes) is 6. The summed E-state index contributed by atoms with van der Waals surface area (Å²) in [6.45, 7) is 5.24.